The van der Waals surface area contributed by atoms with Crippen molar-refractivity contribution in [1.29, 1.82) is 0 Å². The summed E-state index contributed by atoms with van der Waals surface area (Å²) in [5, 5.41) is 20.9. The lowest BCUT2D eigenvalue weighted by Gasteiger charge is -2.33. The van der Waals surface area contributed by atoms with Crippen molar-refractivity contribution < 1.29 is 9.90 Å². The summed E-state index contributed by atoms with van der Waals surface area (Å²) < 4.78 is 1.81. The van der Waals surface area contributed by atoms with E-state index in [2.05, 4.69) is 22.4 Å². The number of aromatic nitrogens is 4. The number of nitrogens with zero attached hydrogens (tertiary/aromatic N) is 4. The van der Waals surface area contributed by atoms with Gasteiger partial charge in [0.05, 0.1) is 11.3 Å². The zero-order valence-corrected chi connectivity index (χ0v) is 10.6. The van der Waals surface area contributed by atoms with Gasteiger partial charge in [-0.2, -0.15) is 0 Å². The number of carbonyl (C=O) groups is 1. The maximum absolute atomic E-state index is 10.6. The molecule has 7 heteroatoms. The molecule has 0 spiro atoms. The summed E-state index contributed by atoms with van der Waals surface area (Å²) in [6.07, 6.45) is 5.73. The van der Waals surface area contributed by atoms with Crippen molar-refractivity contribution in [2.75, 3.05) is 5.75 Å². The molecule has 0 amide bonds. The molecule has 0 aliphatic heterocycles. The topological polar surface area (TPSA) is 80.9 Å². The quantitative estimate of drug-likeness (QED) is 0.823. The molecule has 6 nitrogen and oxygen atoms in total. The van der Waals surface area contributed by atoms with Gasteiger partial charge >= 0.3 is 5.97 Å². The zero-order valence-electron chi connectivity index (χ0n) is 9.80. The number of hydrogen-bond donors (Lipinski definition) is 1. The number of aliphatic carboxylic acids is 1. The monoisotopic (exact) mass is 256 g/mol. The molecule has 1 saturated carbocycles. The molecular formula is C10H16N4O2S. The van der Waals surface area contributed by atoms with E-state index in [1.807, 2.05) is 0 Å². The number of carboxylic acids is 1. The maximum atomic E-state index is 10.6. The van der Waals surface area contributed by atoms with Gasteiger partial charge in [-0.1, -0.05) is 31.0 Å². The van der Waals surface area contributed by atoms with Crippen molar-refractivity contribution in [3.63, 3.8) is 0 Å². The summed E-state index contributed by atoms with van der Waals surface area (Å²) in [5.74, 6) is -0.852. The van der Waals surface area contributed by atoms with Crippen LogP contribution in [0.15, 0.2) is 5.16 Å². The molecule has 17 heavy (non-hydrogen) atoms. The van der Waals surface area contributed by atoms with Crippen LogP contribution in [-0.2, 0) is 10.3 Å². The average Bonchev–Trinajstić information content (AvgIpc) is 2.76. The molecule has 1 aromatic heterocycles. The Morgan fingerprint density at radius 3 is 2.82 bits per heavy atom. The van der Waals surface area contributed by atoms with Crippen LogP contribution >= 0.6 is 11.8 Å². The second-order valence-electron chi connectivity index (χ2n) is 4.61. The molecule has 1 fully saturated rings. The second-order valence-corrected chi connectivity index (χ2v) is 5.56. The summed E-state index contributed by atoms with van der Waals surface area (Å²) in [6, 6.07) is 0. The SMILES string of the molecule is CC1(n2nnnc2SCC(=O)O)CCCCC1. The largest absolute Gasteiger partial charge is 0.481 e. The first-order chi connectivity index (χ1) is 8.12. The Morgan fingerprint density at radius 2 is 2.18 bits per heavy atom. The van der Waals surface area contributed by atoms with Crippen LogP contribution in [0.25, 0.3) is 0 Å². The van der Waals surface area contributed by atoms with Gasteiger partial charge in [0, 0.05) is 0 Å². The lowest BCUT2D eigenvalue weighted by Crippen LogP contribution is -2.34. The molecule has 1 aliphatic rings. The van der Waals surface area contributed by atoms with E-state index in [-0.39, 0.29) is 11.3 Å². The van der Waals surface area contributed by atoms with Crippen molar-refractivity contribution in [2.45, 2.75) is 49.7 Å². The summed E-state index contributed by atoms with van der Waals surface area (Å²) in [5.41, 5.74) is -0.0530. The minimum Gasteiger partial charge on any atom is -0.481 e. The summed E-state index contributed by atoms with van der Waals surface area (Å²) in [6.45, 7) is 2.15. The lowest BCUT2D eigenvalue weighted by molar-refractivity contribution is -0.133. The Kier molecular flexibility index (Phi) is 3.66. The van der Waals surface area contributed by atoms with Crippen LogP contribution in [0, 0.1) is 0 Å². The minimum absolute atomic E-state index is 0.00352. The van der Waals surface area contributed by atoms with Crippen molar-refractivity contribution >= 4 is 17.7 Å². The Balaban J connectivity index is 2.14. The van der Waals surface area contributed by atoms with Gasteiger partial charge in [0.1, 0.15) is 0 Å². The number of rotatable bonds is 4. The van der Waals surface area contributed by atoms with Crippen LogP contribution in [0.3, 0.4) is 0 Å². The first kappa shape index (κ1) is 12.3. The molecule has 0 unspecified atom stereocenters. The van der Waals surface area contributed by atoms with E-state index in [1.165, 1.54) is 31.0 Å². The third-order valence-electron chi connectivity index (χ3n) is 3.21. The highest BCUT2D eigenvalue weighted by Gasteiger charge is 2.32. The molecule has 2 rings (SSSR count). The fraction of sp³-hybridized carbons (Fsp3) is 0.800. The average molecular weight is 256 g/mol. The van der Waals surface area contributed by atoms with E-state index in [0.29, 0.717) is 5.16 Å². The summed E-state index contributed by atoms with van der Waals surface area (Å²) >= 11 is 1.18. The molecule has 1 heterocycles. The van der Waals surface area contributed by atoms with Crippen molar-refractivity contribution in [3.8, 4) is 0 Å². The fourth-order valence-corrected chi connectivity index (χ4v) is 2.99. The predicted octanol–water partition coefficient (Wildman–Crippen LogP) is 1.53. The first-order valence-electron chi connectivity index (χ1n) is 5.75. The van der Waals surface area contributed by atoms with Crippen LogP contribution in [-0.4, -0.2) is 37.0 Å². The van der Waals surface area contributed by atoms with Crippen molar-refractivity contribution in [3.05, 3.63) is 0 Å². The van der Waals surface area contributed by atoms with Gasteiger partial charge < -0.3 is 5.11 Å². The maximum Gasteiger partial charge on any atom is 0.313 e. The molecule has 1 N–H and O–H groups in total. The molecule has 0 saturated heterocycles. The van der Waals surface area contributed by atoms with E-state index in [0.717, 1.165) is 12.8 Å². The number of tetrazole rings is 1. The third-order valence-corrected chi connectivity index (χ3v) is 4.11. The highest BCUT2D eigenvalue weighted by molar-refractivity contribution is 7.99. The Hall–Kier alpha value is -1.11. The second kappa shape index (κ2) is 5.03. The van der Waals surface area contributed by atoms with Crippen LogP contribution in [0.1, 0.15) is 39.0 Å². The zero-order chi connectivity index (χ0) is 12.3. The molecule has 0 radical (unpaired) electrons. The Morgan fingerprint density at radius 1 is 1.47 bits per heavy atom. The Bertz CT molecular complexity index is 401. The molecule has 0 atom stereocenters. The summed E-state index contributed by atoms with van der Waals surface area (Å²) in [7, 11) is 0. The summed E-state index contributed by atoms with van der Waals surface area (Å²) in [4.78, 5) is 10.6. The van der Waals surface area contributed by atoms with Crippen molar-refractivity contribution in [2.24, 2.45) is 0 Å². The van der Waals surface area contributed by atoms with E-state index < -0.39 is 5.97 Å². The van der Waals surface area contributed by atoms with Gasteiger partial charge in [-0.25, -0.2) is 4.68 Å². The molecule has 0 bridgehead atoms. The van der Waals surface area contributed by atoms with Crippen LogP contribution in [0.2, 0.25) is 0 Å². The highest BCUT2D eigenvalue weighted by atomic mass is 32.2. The number of carboxylic acid groups (broad SMARTS) is 1. The highest BCUT2D eigenvalue weighted by Crippen LogP contribution is 2.35. The molecule has 0 aromatic carbocycles. The predicted molar refractivity (Wildman–Crippen MR) is 62.9 cm³/mol. The normalized spacial score (nSPS) is 19.1. The van der Waals surface area contributed by atoms with E-state index in [1.54, 1.807) is 4.68 Å². The van der Waals surface area contributed by atoms with Crippen molar-refractivity contribution in [1.82, 2.24) is 20.2 Å². The standard InChI is InChI=1S/C10H16N4O2S/c1-10(5-3-2-4-6-10)14-9(11-12-13-14)17-7-8(15)16/h2-7H2,1H3,(H,15,16). The van der Waals surface area contributed by atoms with Crippen LogP contribution in [0.5, 0.6) is 0 Å². The van der Waals surface area contributed by atoms with E-state index >= 15 is 0 Å². The lowest BCUT2D eigenvalue weighted by atomic mass is 9.83. The van der Waals surface area contributed by atoms with E-state index in [4.69, 9.17) is 5.11 Å². The Labute approximate surface area is 104 Å². The minimum atomic E-state index is -0.849. The van der Waals surface area contributed by atoms with Crippen LogP contribution in [0.4, 0.5) is 0 Å². The van der Waals surface area contributed by atoms with Gasteiger partial charge in [-0.3, -0.25) is 4.79 Å². The molecular weight excluding hydrogens is 240 g/mol. The van der Waals surface area contributed by atoms with Gasteiger partial charge in [-0.15, -0.1) is 5.10 Å². The number of hydrogen-bond acceptors (Lipinski definition) is 5. The van der Waals surface area contributed by atoms with E-state index in [9.17, 15) is 4.79 Å². The smallest absolute Gasteiger partial charge is 0.313 e. The van der Waals surface area contributed by atoms with Gasteiger partial charge in [0.15, 0.2) is 0 Å². The fourth-order valence-electron chi connectivity index (χ4n) is 2.26. The molecule has 94 valence electrons. The first-order valence-corrected chi connectivity index (χ1v) is 6.74. The van der Waals surface area contributed by atoms with Gasteiger partial charge in [-0.05, 0) is 30.2 Å². The number of thioether (sulfide) groups is 1. The van der Waals surface area contributed by atoms with Crippen LogP contribution < -0.4 is 0 Å². The third kappa shape index (κ3) is 2.77. The molecule has 1 aliphatic carbocycles. The van der Waals surface area contributed by atoms with Gasteiger partial charge in [0.2, 0.25) is 5.16 Å². The van der Waals surface area contributed by atoms with Gasteiger partial charge in [0.25, 0.3) is 0 Å². The molecule has 1 aromatic rings.